The van der Waals surface area contributed by atoms with Gasteiger partial charge in [-0.2, -0.15) is 0 Å². The van der Waals surface area contributed by atoms with Crippen LogP contribution in [0.4, 0.5) is 0 Å². The maximum Gasteiger partial charge on any atom is 0.310 e. The molecule has 2 aliphatic carbocycles. The summed E-state index contributed by atoms with van der Waals surface area (Å²) < 4.78 is 5.78. The van der Waals surface area contributed by atoms with E-state index in [2.05, 4.69) is 33.0 Å². The molecule has 22 heavy (non-hydrogen) atoms. The minimum Gasteiger partial charge on any atom is -0.462 e. The molecule has 0 amide bonds. The van der Waals surface area contributed by atoms with Gasteiger partial charge in [-0.3, -0.25) is 4.79 Å². The molecule has 0 radical (unpaired) electrons. The van der Waals surface area contributed by atoms with Crippen molar-refractivity contribution in [1.82, 2.24) is 5.32 Å². The van der Waals surface area contributed by atoms with Crippen molar-refractivity contribution in [2.24, 2.45) is 23.2 Å². The van der Waals surface area contributed by atoms with Crippen LogP contribution < -0.4 is 5.32 Å². The zero-order chi connectivity index (χ0) is 15.9. The maximum absolute atomic E-state index is 12.3. The first-order valence-corrected chi connectivity index (χ1v) is 9.01. The lowest BCUT2D eigenvalue weighted by molar-refractivity contribution is -0.145. The first-order chi connectivity index (χ1) is 10.4. The molecule has 3 heteroatoms. The largest absolute Gasteiger partial charge is 0.462 e. The average molecular weight is 305 g/mol. The SMILES string of the molecule is CC1=C2C[C@H]3[C@@H](C[C@@]2(C)CCC1)OC(=O)[C@@H]3CNCC(C)C. The Hall–Kier alpha value is -0.830. The van der Waals surface area contributed by atoms with Crippen molar-refractivity contribution in [3.8, 4) is 0 Å². The lowest BCUT2D eigenvalue weighted by Crippen LogP contribution is -2.41. The molecule has 0 unspecified atom stereocenters. The second-order valence-electron chi connectivity index (χ2n) is 8.38. The third-order valence-electron chi connectivity index (χ3n) is 6.10. The molecule has 1 saturated carbocycles. The summed E-state index contributed by atoms with van der Waals surface area (Å²) in [6, 6.07) is 0. The minimum atomic E-state index is 0.0340. The second kappa shape index (κ2) is 5.99. The minimum absolute atomic E-state index is 0.0340. The van der Waals surface area contributed by atoms with Crippen molar-refractivity contribution in [3.63, 3.8) is 0 Å². The molecule has 124 valence electrons. The topological polar surface area (TPSA) is 38.3 Å². The summed E-state index contributed by atoms with van der Waals surface area (Å²) in [5.41, 5.74) is 3.51. The second-order valence-corrected chi connectivity index (χ2v) is 8.38. The predicted molar refractivity (Wildman–Crippen MR) is 88.5 cm³/mol. The number of carbonyl (C=O) groups is 1. The Morgan fingerprint density at radius 3 is 2.91 bits per heavy atom. The molecule has 2 fully saturated rings. The molecule has 3 nitrogen and oxygen atoms in total. The van der Waals surface area contributed by atoms with E-state index in [1.54, 1.807) is 11.1 Å². The van der Waals surface area contributed by atoms with E-state index in [4.69, 9.17) is 4.74 Å². The molecule has 3 rings (SSSR count). The fourth-order valence-corrected chi connectivity index (χ4v) is 4.87. The molecule has 1 N–H and O–H groups in total. The fourth-order valence-electron chi connectivity index (χ4n) is 4.87. The normalized spacial score (nSPS) is 38.0. The van der Waals surface area contributed by atoms with Gasteiger partial charge < -0.3 is 10.1 Å². The highest BCUT2D eigenvalue weighted by molar-refractivity contribution is 5.76. The number of allylic oxidation sites excluding steroid dienone is 2. The molecule has 0 aromatic carbocycles. The van der Waals surface area contributed by atoms with E-state index in [9.17, 15) is 4.79 Å². The Balaban J connectivity index is 1.74. The summed E-state index contributed by atoms with van der Waals surface area (Å²) in [7, 11) is 0. The first-order valence-electron chi connectivity index (χ1n) is 9.01. The van der Waals surface area contributed by atoms with Gasteiger partial charge in [0, 0.05) is 12.5 Å². The van der Waals surface area contributed by atoms with E-state index in [-0.39, 0.29) is 23.4 Å². The highest BCUT2D eigenvalue weighted by Crippen LogP contribution is 2.54. The van der Waals surface area contributed by atoms with Gasteiger partial charge in [0.05, 0.1) is 5.92 Å². The van der Waals surface area contributed by atoms with E-state index in [0.717, 1.165) is 25.9 Å². The Morgan fingerprint density at radius 1 is 1.41 bits per heavy atom. The van der Waals surface area contributed by atoms with Crippen LogP contribution in [0.3, 0.4) is 0 Å². The van der Waals surface area contributed by atoms with Gasteiger partial charge in [0.15, 0.2) is 0 Å². The fraction of sp³-hybridized carbons (Fsp3) is 0.842. The van der Waals surface area contributed by atoms with Crippen LogP contribution in [0, 0.1) is 23.2 Å². The van der Waals surface area contributed by atoms with Gasteiger partial charge in [0.2, 0.25) is 0 Å². The lowest BCUT2D eigenvalue weighted by atomic mass is 9.59. The maximum atomic E-state index is 12.3. The van der Waals surface area contributed by atoms with Crippen LogP contribution in [-0.4, -0.2) is 25.2 Å². The highest BCUT2D eigenvalue weighted by Gasteiger charge is 2.52. The van der Waals surface area contributed by atoms with Gasteiger partial charge in [-0.15, -0.1) is 0 Å². The Kier molecular flexibility index (Phi) is 4.37. The average Bonchev–Trinajstić information content (AvgIpc) is 2.71. The summed E-state index contributed by atoms with van der Waals surface area (Å²) in [5.74, 6) is 1.09. The van der Waals surface area contributed by atoms with Crippen molar-refractivity contribution in [2.45, 2.75) is 65.9 Å². The number of nitrogens with one attached hydrogen (secondary N) is 1. The molecule has 4 atom stereocenters. The standard InChI is InChI=1S/C19H31NO2/c1-12(2)10-20-11-15-14-8-16-13(3)6-5-7-19(16,4)9-17(14)22-18(15)21/h12,14-15,17,20H,5-11H2,1-4H3/t14-,15-,17-,19-/m1/s1. The van der Waals surface area contributed by atoms with E-state index >= 15 is 0 Å². The summed E-state index contributed by atoms with van der Waals surface area (Å²) in [5, 5.41) is 3.47. The van der Waals surface area contributed by atoms with Gasteiger partial charge in [-0.1, -0.05) is 31.9 Å². The molecule has 0 aromatic rings. The van der Waals surface area contributed by atoms with E-state index in [1.165, 1.54) is 19.3 Å². The zero-order valence-electron chi connectivity index (χ0n) is 14.6. The number of esters is 1. The smallest absolute Gasteiger partial charge is 0.310 e. The number of ether oxygens (including phenoxy) is 1. The van der Waals surface area contributed by atoms with Crippen LogP contribution >= 0.6 is 0 Å². The molecule has 3 aliphatic rings. The van der Waals surface area contributed by atoms with Crippen molar-refractivity contribution in [2.75, 3.05) is 13.1 Å². The van der Waals surface area contributed by atoms with Crippen LogP contribution in [0.1, 0.15) is 59.8 Å². The van der Waals surface area contributed by atoms with Crippen molar-refractivity contribution in [1.29, 1.82) is 0 Å². The molecule has 0 spiro atoms. The molecule has 1 aliphatic heterocycles. The van der Waals surface area contributed by atoms with E-state index in [1.807, 2.05) is 0 Å². The summed E-state index contributed by atoms with van der Waals surface area (Å²) >= 11 is 0. The number of rotatable bonds is 4. The number of carbonyl (C=O) groups excluding carboxylic acids is 1. The molecular weight excluding hydrogens is 274 g/mol. The van der Waals surface area contributed by atoms with Crippen LogP contribution in [0.15, 0.2) is 11.1 Å². The van der Waals surface area contributed by atoms with Crippen LogP contribution in [0.25, 0.3) is 0 Å². The number of hydrogen-bond acceptors (Lipinski definition) is 3. The number of fused-ring (bicyclic) bond motifs is 2. The number of hydrogen-bond donors (Lipinski definition) is 1. The van der Waals surface area contributed by atoms with Gasteiger partial charge >= 0.3 is 5.97 Å². The molecule has 0 bridgehead atoms. The third kappa shape index (κ3) is 2.84. The molecule has 1 saturated heterocycles. The van der Waals surface area contributed by atoms with Gasteiger partial charge in [-0.05, 0) is 56.9 Å². The van der Waals surface area contributed by atoms with Gasteiger partial charge in [0.25, 0.3) is 0 Å². The summed E-state index contributed by atoms with van der Waals surface area (Å²) in [4.78, 5) is 12.3. The Bertz CT molecular complexity index is 482. The van der Waals surface area contributed by atoms with Crippen LogP contribution in [0.2, 0.25) is 0 Å². The predicted octanol–water partition coefficient (Wildman–Crippen LogP) is 3.69. The highest BCUT2D eigenvalue weighted by atomic mass is 16.6. The van der Waals surface area contributed by atoms with Crippen molar-refractivity contribution in [3.05, 3.63) is 11.1 Å². The van der Waals surface area contributed by atoms with E-state index < -0.39 is 0 Å². The lowest BCUT2D eigenvalue weighted by Gasteiger charge is -2.45. The third-order valence-corrected chi connectivity index (χ3v) is 6.10. The van der Waals surface area contributed by atoms with Gasteiger partial charge in [-0.25, -0.2) is 0 Å². The summed E-state index contributed by atoms with van der Waals surface area (Å²) in [6.45, 7) is 10.8. The van der Waals surface area contributed by atoms with Gasteiger partial charge in [0.1, 0.15) is 6.10 Å². The summed E-state index contributed by atoms with van der Waals surface area (Å²) in [6.07, 6.45) is 6.06. The monoisotopic (exact) mass is 305 g/mol. The first kappa shape index (κ1) is 16.0. The molecular formula is C19H31NO2. The van der Waals surface area contributed by atoms with Crippen molar-refractivity contribution < 1.29 is 9.53 Å². The van der Waals surface area contributed by atoms with Crippen molar-refractivity contribution >= 4 is 5.97 Å². The van der Waals surface area contributed by atoms with Crippen LogP contribution in [-0.2, 0) is 9.53 Å². The van der Waals surface area contributed by atoms with E-state index in [0.29, 0.717) is 11.8 Å². The molecule has 1 heterocycles. The zero-order valence-corrected chi connectivity index (χ0v) is 14.6. The Labute approximate surface area is 134 Å². The quantitative estimate of drug-likeness (QED) is 0.636. The van der Waals surface area contributed by atoms with Crippen LogP contribution in [0.5, 0.6) is 0 Å². The molecule has 0 aromatic heterocycles. The Morgan fingerprint density at radius 2 is 2.18 bits per heavy atom.